The van der Waals surface area contributed by atoms with Crippen molar-refractivity contribution < 1.29 is 0 Å². The Morgan fingerprint density at radius 3 is 3.00 bits per heavy atom. The molecule has 0 bridgehead atoms. The summed E-state index contributed by atoms with van der Waals surface area (Å²) in [6, 6.07) is 6.46. The molecule has 1 unspecified atom stereocenters. The van der Waals surface area contributed by atoms with Crippen molar-refractivity contribution >= 4 is 0 Å². The van der Waals surface area contributed by atoms with E-state index in [2.05, 4.69) is 23.3 Å². The molecule has 0 radical (unpaired) electrons. The van der Waals surface area contributed by atoms with E-state index in [1.807, 2.05) is 18.3 Å². The lowest BCUT2D eigenvalue weighted by atomic mass is 10.2. The monoisotopic (exact) mass is 176 g/mol. The minimum absolute atomic E-state index is 0.391. The summed E-state index contributed by atoms with van der Waals surface area (Å²) in [6.45, 7) is 3.32. The Bertz CT molecular complexity index is 254. The number of aromatic nitrogens is 1. The first-order valence-corrected chi connectivity index (χ1v) is 5.00. The van der Waals surface area contributed by atoms with Gasteiger partial charge in [-0.2, -0.15) is 0 Å². The summed E-state index contributed by atoms with van der Waals surface area (Å²) in [5.74, 6) is 0.936. The van der Waals surface area contributed by atoms with E-state index < -0.39 is 0 Å². The lowest BCUT2D eigenvalue weighted by molar-refractivity contribution is 0.538. The van der Waals surface area contributed by atoms with Crippen molar-refractivity contribution in [2.45, 2.75) is 25.8 Å². The number of hydrogen-bond acceptors (Lipinski definition) is 2. The van der Waals surface area contributed by atoms with Gasteiger partial charge in [-0.3, -0.25) is 4.98 Å². The van der Waals surface area contributed by atoms with Gasteiger partial charge in [0.1, 0.15) is 0 Å². The van der Waals surface area contributed by atoms with Crippen LogP contribution in [0.15, 0.2) is 24.4 Å². The third-order valence-electron chi connectivity index (χ3n) is 2.54. The zero-order chi connectivity index (χ0) is 9.10. The quantitative estimate of drug-likeness (QED) is 0.760. The molecule has 0 spiro atoms. The van der Waals surface area contributed by atoms with Gasteiger partial charge in [0.15, 0.2) is 0 Å². The van der Waals surface area contributed by atoms with Crippen LogP contribution < -0.4 is 5.32 Å². The summed E-state index contributed by atoms with van der Waals surface area (Å²) in [4.78, 5) is 4.31. The molecule has 0 saturated heterocycles. The molecule has 1 atom stereocenters. The third-order valence-corrected chi connectivity index (χ3v) is 2.54. The Morgan fingerprint density at radius 1 is 1.54 bits per heavy atom. The highest BCUT2D eigenvalue weighted by molar-refractivity contribution is 5.07. The van der Waals surface area contributed by atoms with Gasteiger partial charge in [-0.15, -0.1) is 0 Å². The molecular weight excluding hydrogens is 160 g/mol. The Kier molecular flexibility index (Phi) is 2.60. The molecule has 1 heterocycles. The van der Waals surface area contributed by atoms with Crippen molar-refractivity contribution in [3.05, 3.63) is 30.1 Å². The highest BCUT2D eigenvalue weighted by Crippen LogP contribution is 2.28. The van der Waals surface area contributed by atoms with Gasteiger partial charge in [-0.1, -0.05) is 6.07 Å². The SMILES string of the molecule is CC(NCC1CC1)c1ccccn1. The zero-order valence-electron chi connectivity index (χ0n) is 8.03. The summed E-state index contributed by atoms with van der Waals surface area (Å²) in [5, 5.41) is 3.50. The van der Waals surface area contributed by atoms with Gasteiger partial charge in [0, 0.05) is 12.2 Å². The lowest BCUT2D eigenvalue weighted by Crippen LogP contribution is -2.21. The number of pyridine rings is 1. The Balaban J connectivity index is 1.85. The first-order valence-electron chi connectivity index (χ1n) is 5.00. The first-order chi connectivity index (χ1) is 6.36. The molecule has 1 aromatic heterocycles. The minimum atomic E-state index is 0.391. The molecule has 0 aromatic carbocycles. The van der Waals surface area contributed by atoms with E-state index in [9.17, 15) is 0 Å². The van der Waals surface area contributed by atoms with Gasteiger partial charge in [0.25, 0.3) is 0 Å². The lowest BCUT2D eigenvalue weighted by Gasteiger charge is -2.12. The average molecular weight is 176 g/mol. The van der Waals surface area contributed by atoms with Gasteiger partial charge < -0.3 is 5.32 Å². The Labute approximate surface area is 79.4 Å². The van der Waals surface area contributed by atoms with Crippen molar-refractivity contribution in [3.63, 3.8) is 0 Å². The average Bonchev–Trinajstić information content (AvgIpc) is 2.99. The molecule has 2 rings (SSSR count). The highest BCUT2D eigenvalue weighted by atomic mass is 14.9. The second-order valence-corrected chi connectivity index (χ2v) is 3.83. The maximum atomic E-state index is 4.31. The number of nitrogens with zero attached hydrogens (tertiary/aromatic N) is 1. The molecule has 0 amide bonds. The molecule has 1 N–H and O–H groups in total. The van der Waals surface area contributed by atoms with Gasteiger partial charge in [-0.05, 0) is 44.4 Å². The molecule has 1 aromatic rings. The third kappa shape index (κ3) is 2.52. The van der Waals surface area contributed by atoms with Crippen LogP contribution in [0.3, 0.4) is 0 Å². The molecule has 1 aliphatic rings. The van der Waals surface area contributed by atoms with E-state index in [1.54, 1.807) is 0 Å². The van der Waals surface area contributed by atoms with Gasteiger partial charge in [0.2, 0.25) is 0 Å². The number of hydrogen-bond donors (Lipinski definition) is 1. The van der Waals surface area contributed by atoms with E-state index in [0.29, 0.717) is 6.04 Å². The fourth-order valence-corrected chi connectivity index (χ4v) is 1.40. The van der Waals surface area contributed by atoms with Crippen molar-refractivity contribution in [1.29, 1.82) is 0 Å². The maximum Gasteiger partial charge on any atom is 0.0570 e. The second-order valence-electron chi connectivity index (χ2n) is 3.83. The Morgan fingerprint density at radius 2 is 2.38 bits per heavy atom. The summed E-state index contributed by atoms with van der Waals surface area (Å²) in [6.07, 6.45) is 4.66. The molecule has 1 saturated carbocycles. The molecular formula is C11H16N2. The van der Waals surface area contributed by atoms with E-state index in [0.717, 1.165) is 18.2 Å². The number of nitrogens with one attached hydrogen (secondary N) is 1. The standard InChI is InChI=1S/C11H16N2/c1-9(13-8-10-5-6-10)11-4-2-3-7-12-11/h2-4,7,9-10,13H,5-6,8H2,1H3. The normalized spacial score (nSPS) is 18.5. The molecule has 13 heavy (non-hydrogen) atoms. The van der Waals surface area contributed by atoms with E-state index in [-0.39, 0.29) is 0 Å². The summed E-state index contributed by atoms with van der Waals surface area (Å²) in [7, 11) is 0. The molecule has 1 aliphatic carbocycles. The van der Waals surface area contributed by atoms with Gasteiger partial charge >= 0.3 is 0 Å². The molecule has 2 heteroatoms. The van der Waals surface area contributed by atoms with Crippen molar-refractivity contribution in [3.8, 4) is 0 Å². The second kappa shape index (κ2) is 3.88. The van der Waals surface area contributed by atoms with Crippen molar-refractivity contribution in [2.75, 3.05) is 6.54 Å². The predicted octanol–water partition coefficient (Wildman–Crippen LogP) is 2.14. The highest BCUT2D eigenvalue weighted by Gasteiger charge is 2.21. The molecule has 70 valence electrons. The topological polar surface area (TPSA) is 24.9 Å². The maximum absolute atomic E-state index is 4.31. The van der Waals surface area contributed by atoms with Crippen LogP contribution >= 0.6 is 0 Å². The van der Waals surface area contributed by atoms with Crippen LogP contribution in [0.2, 0.25) is 0 Å². The van der Waals surface area contributed by atoms with Crippen LogP contribution in [0.5, 0.6) is 0 Å². The minimum Gasteiger partial charge on any atom is -0.309 e. The first kappa shape index (κ1) is 8.70. The summed E-state index contributed by atoms with van der Waals surface area (Å²) < 4.78 is 0. The Hall–Kier alpha value is -0.890. The van der Waals surface area contributed by atoms with Gasteiger partial charge in [-0.25, -0.2) is 0 Å². The largest absolute Gasteiger partial charge is 0.309 e. The molecule has 0 aliphatic heterocycles. The zero-order valence-corrected chi connectivity index (χ0v) is 8.03. The van der Waals surface area contributed by atoms with Crippen LogP contribution in [0, 0.1) is 5.92 Å². The van der Waals surface area contributed by atoms with Gasteiger partial charge in [0.05, 0.1) is 5.69 Å². The van der Waals surface area contributed by atoms with Crippen LogP contribution in [0.25, 0.3) is 0 Å². The molecule has 1 fully saturated rings. The van der Waals surface area contributed by atoms with E-state index in [1.165, 1.54) is 12.8 Å². The van der Waals surface area contributed by atoms with Crippen molar-refractivity contribution in [2.24, 2.45) is 5.92 Å². The van der Waals surface area contributed by atoms with Crippen LogP contribution in [-0.2, 0) is 0 Å². The fraction of sp³-hybridized carbons (Fsp3) is 0.545. The molecule has 2 nitrogen and oxygen atoms in total. The van der Waals surface area contributed by atoms with E-state index in [4.69, 9.17) is 0 Å². The smallest absolute Gasteiger partial charge is 0.0570 e. The summed E-state index contributed by atoms with van der Waals surface area (Å²) >= 11 is 0. The number of rotatable bonds is 4. The fourth-order valence-electron chi connectivity index (χ4n) is 1.40. The van der Waals surface area contributed by atoms with E-state index >= 15 is 0 Å². The van der Waals surface area contributed by atoms with Crippen LogP contribution in [0.4, 0.5) is 0 Å². The predicted molar refractivity (Wildman–Crippen MR) is 53.4 cm³/mol. The van der Waals surface area contributed by atoms with Crippen LogP contribution in [0.1, 0.15) is 31.5 Å². The summed E-state index contributed by atoms with van der Waals surface area (Å²) in [5.41, 5.74) is 1.14. The van der Waals surface area contributed by atoms with Crippen molar-refractivity contribution in [1.82, 2.24) is 10.3 Å². The van der Waals surface area contributed by atoms with Crippen LogP contribution in [-0.4, -0.2) is 11.5 Å².